The van der Waals surface area contributed by atoms with Crippen molar-refractivity contribution >= 4 is 40.3 Å². The molecular weight excluding hydrogens is 251 g/mol. The Hall–Kier alpha value is -0.830. The van der Waals surface area contributed by atoms with Crippen molar-refractivity contribution in [2.45, 2.75) is 0 Å². The van der Waals surface area contributed by atoms with E-state index < -0.39 is 0 Å². The molecule has 0 fully saturated rings. The Morgan fingerprint density at radius 1 is 1.07 bits per heavy atom. The Labute approximate surface area is 101 Å². The molecule has 0 aliphatic rings. The number of thiophene rings is 1. The first-order valence-electron chi connectivity index (χ1n) is 4.22. The molecule has 2 rings (SSSR count). The van der Waals surface area contributed by atoms with Gasteiger partial charge in [0.05, 0.1) is 20.5 Å². The molecule has 76 valence electrons. The summed E-state index contributed by atoms with van der Waals surface area (Å²) in [5.74, 6) is -0.124. The molecule has 1 heterocycles. The molecule has 1 aromatic heterocycles. The lowest BCUT2D eigenvalue weighted by molar-refractivity contribution is 0.104. The Kier molecular flexibility index (Phi) is 3.10. The van der Waals surface area contributed by atoms with E-state index in [-0.39, 0.29) is 5.78 Å². The Morgan fingerprint density at radius 2 is 1.73 bits per heavy atom. The molecule has 0 saturated carbocycles. The first-order chi connectivity index (χ1) is 7.20. The van der Waals surface area contributed by atoms with Gasteiger partial charge in [-0.15, -0.1) is 11.3 Å². The van der Waals surface area contributed by atoms with Crippen LogP contribution in [0.4, 0.5) is 0 Å². The van der Waals surface area contributed by atoms with E-state index in [4.69, 9.17) is 23.2 Å². The number of benzene rings is 1. The van der Waals surface area contributed by atoms with Crippen molar-refractivity contribution in [3.8, 4) is 0 Å². The van der Waals surface area contributed by atoms with Crippen molar-refractivity contribution < 1.29 is 4.79 Å². The van der Waals surface area contributed by atoms with E-state index in [1.165, 1.54) is 11.3 Å². The Bertz CT molecular complexity index is 471. The quantitative estimate of drug-likeness (QED) is 0.733. The molecule has 4 heteroatoms. The van der Waals surface area contributed by atoms with Gasteiger partial charge in [0.25, 0.3) is 0 Å². The van der Waals surface area contributed by atoms with Gasteiger partial charge in [0.1, 0.15) is 0 Å². The van der Waals surface area contributed by atoms with Crippen LogP contribution < -0.4 is 0 Å². The van der Waals surface area contributed by atoms with E-state index >= 15 is 0 Å². The van der Waals surface area contributed by atoms with Gasteiger partial charge in [-0.1, -0.05) is 35.3 Å². The molecule has 0 N–H and O–H groups in total. The molecule has 0 spiro atoms. The van der Waals surface area contributed by atoms with Crippen LogP contribution in [0, 0.1) is 0 Å². The molecule has 2 aromatic rings. The predicted octanol–water partition coefficient (Wildman–Crippen LogP) is 4.29. The van der Waals surface area contributed by atoms with Crippen LogP contribution in [-0.2, 0) is 0 Å². The third-order valence-electron chi connectivity index (χ3n) is 1.93. The normalized spacial score (nSPS) is 10.3. The summed E-state index contributed by atoms with van der Waals surface area (Å²) >= 11 is 13.3. The van der Waals surface area contributed by atoms with Crippen LogP contribution in [0.3, 0.4) is 0 Å². The average molecular weight is 257 g/mol. The Morgan fingerprint density at radius 3 is 2.27 bits per heavy atom. The number of carbonyl (C=O) groups is 1. The standard InChI is InChI=1S/C11H6Cl2OS/c12-7-3-1-4-8(13)10(7)11(14)9-5-2-6-15-9/h1-6H. The Balaban J connectivity index is 2.51. The SMILES string of the molecule is O=C(c1cccs1)c1c(Cl)cccc1Cl. The van der Waals surface area contributed by atoms with Gasteiger partial charge >= 0.3 is 0 Å². The monoisotopic (exact) mass is 256 g/mol. The maximum atomic E-state index is 12.0. The molecule has 0 aliphatic carbocycles. The molecule has 0 amide bonds. The first-order valence-corrected chi connectivity index (χ1v) is 5.86. The van der Waals surface area contributed by atoms with E-state index in [9.17, 15) is 4.79 Å². The van der Waals surface area contributed by atoms with Gasteiger partial charge in [0.2, 0.25) is 5.78 Å². The van der Waals surface area contributed by atoms with Gasteiger partial charge in [0.15, 0.2) is 0 Å². The fraction of sp³-hybridized carbons (Fsp3) is 0. The summed E-state index contributed by atoms with van der Waals surface area (Å²) in [5.41, 5.74) is 0.378. The largest absolute Gasteiger partial charge is 0.288 e. The number of ketones is 1. The maximum Gasteiger partial charge on any atom is 0.205 e. The summed E-state index contributed by atoms with van der Waals surface area (Å²) in [6, 6.07) is 8.62. The third-order valence-corrected chi connectivity index (χ3v) is 3.43. The van der Waals surface area contributed by atoms with Gasteiger partial charge in [-0.05, 0) is 23.6 Å². The third kappa shape index (κ3) is 2.07. The molecule has 0 radical (unpaired) electrons. The minimum absolute atomic E-state index is 0.124. The van der Waals surface area contributed by atoms with Crippen molar-refractivity contribution in [1.29, 1.82) is 0 Å². The number of halogens is 2. The van der Waals surface area contributed by atoms with E-state index in [0.717, 1.165) is 0 Å². The maximum absolute atomic E-state index is 12.0. The van der Waals surface area contributed by atoms with E-state index in [0.29, 0.717) is 20.5 Å². The van der Waals surface area contributed by atoms with E-state index in [1.54, 1.807) is 24.3 Å². The first kappa shape index (κ1) is 10.7. The summed E-state index contributed by atoms with van der Waals surface area (Å²) < 4.78 is 0. The summed E-state index contributed by atoms with van der Waals surface area (Å²) in [6.07, 6.45) is 0. The smallest absolute Gasteiger partial charge is 0.205 e. The van der Waals surface area contributed by atoms with Gasteiger partial charge in [-0.3, -0.25) is 4.79 Å². The van der Waals surface area contributed by atoms with Crippen molar-refractivity contribution in [2.24, 2.45) is 0 Å². The lowest BCUT2D eigenvalue weighted by Gasteiger charge is -2.03. The molecule has 1 nitrogen and oxygen atoms in total. The highest BCUT2D eigenvalue weighted by atomic mass is 35.5. The topological polar surface area (TPSA) is 17.1 Å². The zero-order valence-corrected chi connectivity index (χ0v) is 9.86. The van der Waals surface area contributed by atoms with Crippen LogP contribution in [-0.4, -0.2) is 5.78 Å². The minimum atomic E-state index is -0.124. The molecule has 0 bridgehead atoms. The highest BCUT2D eigenvalue weighted by Gasteiger charge is 2.16. The van der Waals surface area contributed by atoms with Crippen molar-refractivity contribution in [3.05, 3.63) is 56.2 Å². The molecule has 0 saturated heterocycles. The van der Waals surface area contributed by atoms with Gasteiger partial charge in [-0.2, -0.15) is 0 Å². The highest BCUT2D eigenvalue weighted by Crippen LogP contribution is 2.28. The van der Waals surface area contributed by atoms with Crippen LogP contribution in [0.2, 0.25) is 10.0 Å². The summed E-state index contributed by atoms with van der Waals surface area (Å²) in [7, 11) is 0. The molecule has 1 aromatic carbocycles. The fourth-order valence-electron chi connectivity index (χ4n) is 1.25. The van der Waals surface area contributed by atoms with E-state index in [2.05, 4.69) is 0 Å². The second-order valence-electron chi connectivity index (χ2n) is 2.90. The zero-order chi connectivity index (χ0) is 10.8. The lowest BCUT2D eigenvalue weighted by atomic mass is 10.1. The van der Waals surface area contributed by atoms with E-state index in [1.807, 2.05) is 11.4 Å². The van der Waals surface area contributed by atoms with Gasteiger partial charge in [0, 0.05) is 0 Å². The summed E-state index contributed by atoms with van der Waals surface area (Å²) in [6.45, 7) is 0. The molecular formula is C11H6Cl2OS. The van der Waals surface area contributed by atoms with Crippen LogP contribution >= 0.6 is 34.5 Å². The van der Waals surface area contributed by atoms with Gasteiger partial charge < -0.3 is 0 Å². The number of hydrogen-bond donors (Lipinski definition) is 0. The van der Waals surface area contributed by atoms with Crippen molar-refractivity contribution in [3.63, 3.8) is 0 Å². The van der Waals surface area contributed by atoms with Crippen LogP contribution in [0.15, 0.2) is 35.7 Å². The fourth-order valence-corrected chi connectivity index (χ4v) is 2.48. The highest BCUT2D eigenvalue weighted by molar-refractivity contribution is 7.12. The second kappa shape index (κ2) is 4.35. The zero-order valence-electron chi connectivity index (χ0n) is 7.54. The van der Waals surface area contributed by atoms with Crippen LogP contribution in [0.25, 0.3) is 0 Å². The summed E-state index contributed by atoms with van der Waals surface area (Å²) in [5, 5.41) is 2.62. The number of hydrogen-bond acceptors (Lipinski definition) is 2. The summed E-state index contributed by atoms with van der Waals surface area (Å²) in [4.78, 5) is 12.6. The predicted molar refractivity (Wildman–Crippen MR) is 64.2 cm³/mol. The molecule has 15 heavy (non-hydrogen) atoms. The molecule has 0 aliphatic heterocycles. The van der Waals surface area contributed by atoms with Crippen LogP contribution in [0.5, 0.6) is 0 Å². The number of carbonyl (C=O) groups excluding carboxylic acids is 1. The van der Waals surface area contributed by atoms with Crippen LogP contribution in [0.1, 0.15) is 15.2 Å². The van der Waals surface area contributed by atoms with Gasteiger partial charge in [-0.25, -0.2) is 0 Å². The second-order valence-corrected chi connectivity index (χ2v) is 4.67. The lowest BCUT2D eigenvalue weighted by Crippen LogP contribution is -2.00. The van der Waals surface area contributed by atoms with Crippen molar-refractivity contribution in [2.75, 3.05) is 0 Å². The minimum Gasteiger partial charge on any atom is -0.288 e. The molecule has 0 atom stereocenters. The van der Waals surface area contributed by atoms with Crippen molar-refractivity contribution in [1.82, 2.24) is 0 Å². The molecule has 0 unspecified atom stereocenters. The average Bonchev–Trinajstić information content (AvgIpc) is 2.69. The number of rotatable bonds is 2.